The third-order valence-electron chi connectivity index (χ3n) is 4.12. The fraction of sp³-hybridized carbons (Fsp3) is 0.550. The molecule has 142 valence electrons. The zero-order chi connectivity index (χ0) is 19.3. The van der Waals surface area contributed by atoms with Crippen LogP contribution in [0.5, 0.6) is 0 Å². The summed E-state index contributed by atoms with van der Waals surface area (Å²) in [6.07, 6.45) is 2.23. The van der Waals surface area contributed by atoms with E-state index in [9.17, 15) is 14.4 Å². The van der Waals surface area contributed by atoms with Gasteiger partial charge in [0.15, 0.2) is 0 Å². The number of hydrogen-bond acceptors (Lipinski definition) is 4. The van der Waals surface area contributed by atoms with Crippen LogP contribution in [0.3, 0.4) is 0 Å². The van der Waals surface area contributed by atoms with Gasteiger partial charge in [-0.15, -0.1) is 0 Å². The maximum absolute atomic E-state index is 12.6. The van der Waals surface area contributed by atoms with Crippen LogP contribution in [0, 0.1) is 0 Å². The van der Waals surface area contributed by atoms with Crippen LogP contribution < -0.4 is 4.90 Å². The number of nitrogens with zero attached hydrogens (tertiary/aromatic N) is 2. The molecule has 0 aromatic heterocycles. The van der Waals surface area contributed by atoms with E-state index in [1.165, 1.54) is 0 Å². The van der Waals surface area contributed by atoms with E-state index in [-0.39, 0.29) is 24.2 Å². The number of benzene rings is 1. The van der Waals surface area contributed by atoms with Gasteiger partial charge in [-0.3, -0.25) is 14.4 Å². The molecule has 0 bridgehead atoms. The normalized spacial score (nSPS) is 14.5. The molecular weight excluding hydrogens is 332 g/mol. The molecule has 1 fully saturated rings. The molecule has 1 aromatic rings. The molecular formula is C20H28N2O4. The molecule has 0 aliphatic carbocycles. The predicted octanol–water partition coefficient (Wildman–Crippen LogP) is 3.01. The Morgan fingerprint density at radius 3 is 2.62 bits per heavy atom. The summed E-state index contributed by atoms with van der Waals surface area (Å²) < 4.78 is 5.27. The van der Waals surface area contributed by atoms with Crippen molar-refractivity contribution in [2.75, 3.05) is 25.0 Å². The van der Waals surface area contributed by atoms with Crippen molar-refractivity contribution in [1.29, 1.82) is 0 Å². The number of carbonyl (C=O) groups excluding carboxylic acids is 3. The molecule has 1 heterocycles. The van der Waals surface area contributed by atoms with Crippen LogP contribution in [-0.4, -0.2) is 48.4 Å². The van der Waals surface area contributed by atoms with Crippen molar-refractivity contribution < 1.29 is 19.1 Å². The Morgan fingerprint density at radius 1 is 1.27 bits per heavy atom. The summed E-state index contributed by atoms with van der Waals surface area (Å²) in [5.41, 5.74) is 0.814. The number of ether oxygens (including phenoxy) is 1. The van der Waals surface area contributed by atoms with Gasteiger partial charge in [0.2, 0.25) is 5.91 Å². The van der Waals surface area contributed by atoms with Gasteiger partial charge >= 0.3 is 5.97 Å². The summed E-state index contributed by atoms with van der Waals surface area (Å²) >= 11 is 0. The highest BCUT2D eigenvalue weighted by Gasteiger charge is 2.23. The molecule has 26 heavy (non-hydrogen) atoms. The van der Waals surface area contributed by atoms with Crippen LogP contribution in [0.2, 0.25) is 0 Å². The van der Waals surface area contributed by atoms with E-state index in [4.69, 9.17) is 4.74 Å². The quantitative estimate of drug-likeness (QED) is 0.732. The summed E-state index contributed by atoms with van der Waals surface area (Å²) in [7, 11) is 1.71. The highest BCUT2D eigenvalue weighted by atomic mass is 16.6. The number of anilines is 1. The Bertz CT molecular complexity index is 679. The lowest BCUT2D eigenvalue weighted by Crippen LogP contribution is -2.29. The lowest BCUT2D eigenvalue weighted by atomic mass is 10.1. The van der Waals surface area contributed by atoms with Crippen LogP contribution in [-0.2, 0) is 14.3 Å². The van der Waals surface area contributed by atoms with E-state index in [0.717, 1.165) is 12.1 Å². The SMILES string of the molecule is CN(CCCC(=O)OC(C)(C)C)C(=O)c1cccc(N2CCCC2=O)c1. The average Bonchev–Trinajstić information content (AvgIpc) is 2.98. The van der Waals surface area contributed by atoms with Gasteiger partial charge in [-0.2, -0.15) is 0 Å². The van der Waals surface area contributed by atoms with Crippen molar-refractivity contribution in [3.63, 3.8) is 0 Å². The van der Waals surface area contributed by atoms with Gasteiger partial charge in [0.05, 0.1) is 0 Å². The van der Waals surface area contributed by atoms with Crippen LogP contribution in [0.1, 0.15) is 56.8 Å². The standard InChI is InChI=1S/C20H28N2O4/c1-20(2,3)26-18(24)11-7-12-21(4)19(25)15-8-5-9-16(14-15)22-13-6-10-17(22)23/h5,8-9,14H,6-7,10-13H2,1-4H3. The molecule has 1 aliphatic rings. The number of esters is 1. The van der Waals surface area contributed by atoms with Crippen molar-refractivity contribution in [3.8, 4) is 0 Å². The molecule has 2 amide bonds. The second-order valence-electron chi connectivity index (χ2n) is 7.62. The highest BCUT2D eigenvalue weighted by Crippen LogP contribution is 2.22. The van der Waals surface area contributed by atoms with Crippen molar-refractivity contribution in [3.05, 3.63) is 29.8 Å². The van der Waals surface area contributed by atoms with E-state index >= 15 is 0 Å². The first-order chi connectivity index (χ1) is 12.2. The lowest BCUT2D eigenvalue weighted by Gasteiger charge is -2.21. The van der Waals surface area contributed by atoms with Gasteiger partial charge < -0.3 is 14.5 Å². The minimum atomic E-state index is -0.494. The van der Waals surface area contributed by atoms with Crippen LogP contribution in [0.15, 0.2) is 24.3 Å². The predicted molar refractivity (Wildman–Crippen MR) is 100 cm³/mol. The third kappa shape index (κ3) is 5.58. The third-order valence-corrected chi connectivity index (χ3v) is 4.12. The molecule has 1 aromatic carbocycles. The summed E-state index contributed by atoms with van der Waals surface area (Å²) in [6.45, 7) is 6.66. The molecule has 0 N–H and O–H groups in total. The maximum atomic E-state index is 12.6. The molecule has 0 spiro atoms. The Labute approximate surface area is 155 Å². The zero-order valence-corrected chi connectivity index (χ0v) is 16.1. The summed E-state index contributed by atoms with van der Waals surface area (Å²) in [5, 5.41) is 0. The molecule has 1 aliphatic heterocycles. The minimum absolute atomic E-state index is 0.0975. The van der Waals surface area contributed by atoms with E-state index in [1.807, 2.05) is 26.8 Å². The van der Waals surface area contributed by atoms with Crippen molar-refractivity contribution in [2.24, 2.45) is 0 Å². The lowest BCUT2D eigenvalue weighted by molar-refractivity contribution is -0.155. The molecule has 6 nitrogen and oxygen atoms in total. The van der Waals surface area contributed by atoms with Crippen molar-refractivity contribution in [1.82, 2.24) is 4.90 Å². The Hall–Kier alpha value is -2.37. The number of amides is 2. The minimum Gasteiger partial charge on any atom is -0.460 e. The van der Waals surface area contributed by atoms with Gasteiger partial charge in [0, 0.05) is 44.2 Å². The molecule has 0 atom stereocenters. The number of carbonyl (C=O) groups is 3. The summed E-state index contributed by atoms with van der Waals surface area (Å²) in [5.74, 6) is -0.282. The smallest absolute Gasteiger partial charge is 0.306 e. The van der Waals surface area contributed by atoms with Gasteiger partial charge in [0.1, 0.15) is 5.60 Å². The second-order valence-corrected chi connectivity index (χ2v) is 7.62. The number of rotatable bonds is 6. The van der Waals surface area contributed by atoms with Gasteiger partial charge in [-0.05, 0) is 51.8 Å². The molecule has 6 heteroatoms. The van der Waals surface area contributed by atoms with Gasteiger partial charge in [-0.25, -0.2) is 0 Å². The molecule has 0 radical (unpaired) electrons. The van der Waals surface area contributed by atoms with E-state index in [1.54, 1.807) is 35.0 Å². The monoisotopic (exact) mass is 360 g/mol. The van der Waals surface area contributed by atoms with Crippen LogP contribution in [0.4, 0.5) is 5.69 Å². The van der Waals surface area contributed by atoms with Crippen LogP contribution >= 0.6 is 0 Å². The van der Waals surface area contributed by atoms with Gasteiger partial charge in [0.25, 0.3) is 5.91 Å². The summed E-state index contributed by atoms with van der Waals surface area (Å²) in [4.78, 5) is 39.5. The van der Waals surface area contributed by atoms with Crippen molar-refractivity contribution in [2.45, 2.75) is 52.1 Å². The zero-order valence-electron chi connectivity index (χ0n) is 16.1. The molecule has 0 saturated carbocycles. The first kappa shape index (κ1) is 19.9. The topological polar surface area (TPSA) is 66.9 Å². The molecule has 2 rings (SSSR count). The van der Waals surface area contributed by atoms with Gasteiger partial charge in [-0.1, -0.05) is 6.07 Å². The Balaban J connectivity index is 1.90. The molecule has 0 unspecified atom stereocenters. The van der Waals surface area contributed by atoms with Crippen molar-refractivity contribution >= 4 is 23.5 Å². The van der Waals surface area contributed by atoms with E-state index < -0.39 is 5.60 Å². The highest BCUT2D eigenvalue weighted by molar-refractivity contribution is 5.99. The number of hydrogen-bond donors (Lipinski definition) is 0. The first-order valence-corrected chi connectivity index (χ1v) is 9.05. The fourth-order valence-electron chi connectivity index (χ4n) is 2.90. The van der Waals surface area contributed by atoms with E-state index in [0.29, 0.717) is 31.5 Å². The Kier molecular flexibility index (Phi) is 6.40. The van der Waals surface area contributed by atoms with Crippen LogP contribution in [0.25, 0.3) is 0 Å². The fourth-order valence-corrected chi connectivity index (χ4v) is 2.90. The largest absolute Gasteiger partial charge is 0.460 e. The maximum Gasteiger partial charge on any atom is 0.306 e. The summed E-state index contributed by atoms with van der Waals surface area (Å²) in [6, 6.07) is 7.15. The molecule has 1 saturated heterocycles. The second kappa shape index (κ2) is 8.34. The first-order valence-electron chi connectivity index (χ1n) is 9.05. The Morgan fingerprint density at radius 2 is 2.00 bits per heavy atom. The van der Waals surface area contributed by atoms with E-state index in [2.05, 4.69) is 0 Å². The average molecular weight is 360 g/mol.